The van der Waals surface area contributed by atoms with Crippen LogP contribution < -0.4 is 5.32 Å². The minimum Gasteiger partial charge on any atom is -0.352 e. The maximum Gasteiger partial charge on any atom is 0.237 e. The Morgan fingerprint density at radius 1 is 1.04 bits per heavy atom. The van der Waals surface area contributed by atoms with Crippen molar-refractivity contribution in [2.24, 2.45) is 0 Å². The zero-order chi connectivity index (χ0) is 17.1. The van der Waals surface area contributed by atoms with E-state index in [9.17, 15) is 4.79 Å². The molecule has 1 saturated carbocycles. The second kappa shape index (κ2) is 6.51. The highest BCUT2D eigenvalue weighted by molar-refractivity contribution is 5.77. The highest BCUT2D eigenvalue weighted by Gasteiger charge is 2.50. The molecule has 1 fully saturated rings. The number of hydrogen-bond donors (Lipinski definition) is 1. The summed E-state index contributed by atoms with van der Waals surface area (Å²) < 4.78 is 5.47. The number of benzene rings is 2. The largest absolute Gasteiger partial charge is 0.352 e. The summed E-state index contributed by atoms with van der Waals surface area (Å²) in [5, 5.41) is 6.88. The predicted octanol–water partition coefficient (Wildman–Crippen LogP) is 3.01. The van der Waals surface area contributed by atoms with Crippen molar-refractivity contribution in [1.29, 1.82) is 0 Å². The van der Waals surface area contributed by atoms with Gasteiger partial charge in [0.2, 0.25) is 11.8 Å². The van der Waals surface area contributed by atoms with E-state index in [1.54, 1.807) is 0 Å². The molecule has 1 aliphatic carbocycles. The number of rotatable bonds is 6. The molecule has 0 radical (unpaired) electrons. The fraction of sp³-hybridized carbons (Fsp3) is 0.250. The van der Waals surface area contributed by atoms with Crippen LogP contribution in [0, 0.1) is 0 Å². The van der Waals surface area contributed by atoms with Crippen molar-refractivity contribution >= 4 is 5.91 Å². The van der Waals surface area contributed by atoms with E-state index >= 15 is 0 Å². The first kappa shape index (κ1) is 15.6. The standard InChI is InChI=1S/C20H19N3O2/c24-18(21-14-15-7-3-1-4-8-15)13-17-22-19(25-23-17)20(11-12-20)16-9-5-2-6-10-16/h1-10H,11-14H2,(H,21,24). The third kappa shape index (κ3) is 3.31. The van der Waals surface area contributed by atoms with Gasteiger partial charge in [-0.2, -0.15) is 4.98 Å². The van der Waals surface area contributed by atoms with Gasteiger partial charge in [0, 0.05) is 6.54 Å². The molecule has 0 saturated heterocycles. The molecule has 1 aromatic heterocycles. The smallest absolute Gasteiger partial charge is 0.237 e. The minimum absolute atomic E-state index is 0.110. The molecule has 0 spiro atoms. The van der Waals surface area contributed by atoms with Gasteiger partial charge in [0.05, 0.1) is 11.8 Å². The number of nitrogens with one attached hydrogen (secondary N) is 1. The molecule has 5 nitrogen and oxygen atoms in total. The van der Waals surface area contributed by atoms with E-state index in [2.05, 4.69) is 27.6 Å². The zero-order valence-electron chi connectivity index (χ0n) is 13.8. The van der Waals surface area contributed by atoms with Gasteiger partial charge < -0.3 is 9.84 Å². The molecule has 1 N–H and O–H groups in total. The summed E-state index contributed by atoms with van der Waals surface area (Å²) in [5.74, 6) is 0.938. The molecule has 2 aromatic carbocycles. The highest BCUT2D eigenvalue weighted by Crippen LogP contribution is 2.52. The molecular weight excluding hydrogens is 314 g/mol. The van der Waals surface area contributed by atoms with Gasteiger partial charge in [-0.15, -0.1) is 0 Å². The lowest BCUT2D eigenvalue weighted by Gasteiger charge is -2.09. The first-order valence-corrected chi connectivity index (χ1v) is 8.45. The molecule has 1 aliphatic rings. The summed E-state index contributed by atoms with van der Waals surface area (Å²) in [5.41, 5.74) is 2.09. The third-order valence-corrected chi connectivity index (χ3v) is 4.61. The molecular formula is C20H19N3O2. The van der Waals surface area contributed by atoms with Crippen LogP contribution in [-0.4, -0.2) is 16.0 Å². The monoisotopic (exact) mass is 333 g/mol. The summed E-state index contributed by atoms with van der Waals surface area (Å²) in [4.78, 5) is 16.6. The zero-order valence-corrected chi connectivity index (χ0v) is 13.8. The fourth-order valence-electron chi connectivity index (χ4n) is 3.03. The molecule has 4 rings (SSSR count). The van der Waals surface area contributed by atoms with Crippen LogP contribution in [0.2, 0.25) is 0 Å². The molecule has 0 atom stereocenters. The van der Waals surface area contributed by atoms with Gasteiger partial charge in [0.25, 0.3) is 0 Å². The summed E-state index contributed by atoms with van der Waals surface area (Å²) in [6.07, 6.45) is 2.12. The molecule has 5 heteroatoms. The lowest BCUT2D eigenvalue weighted by atomic mass is 9.96. The molecule has 0 aliphatic heterocycles. The Kier molecular flexibility index (Phi) is 4.06. The number of amides is 1. The van der Waals surface area contributed by atoms with Crippen LogP contribution in [0.15, 0.2) is 65.2 Å². The normalized spacial score (nSPS) is 14.9. The second-order valence-corrected chi connectivity index (χ2v) is 6.40. The van der Waals surface area contributed by atoms with Gasteiger partial charge in [-0.05, 0) is 24.0 Å². The third-order valence-electron chi connectivity index (χ3n) is 4.61. The summed E-state index contributed by atoms with van der Waals surface area (Å²) in [7, 11) is 0. The van der Waals surface area contributed by atoms with Gasteiger partial charge in [-0.3, -0.25) is 4.79 Å². The maximum absolute atomic E-state index is 12.1. The van der Waals surface area contributed by atoms with Crippen LogP contribution in [-0.2, 0) is 23.2 Å². The lowest BCUT2D eigenvalue weighted by molar-refractivity contribution is -0.120. The van der Waals surface area contributed by atoms with Gasteiger partial charge in [-0.1, -0.05) is 65.8 Å². The Morgan fingerprint density at radius 3 is 2.40 bits per heavy atom. The predicted molar refractivity (Wildman–Crippen MR) is 92.7 cm³/mol. The molecule has 3 aromatic rings. The van der Waals surface area contributed by atoms with Gasteiger partial charge in [0.15, 0.2) is 5.82 Å². The van der Waals surface area contributed by atoms with Crippen molar-refractivity contribution < 1.29 is 9.32 Å². The molecule has 126 valence electrons. The van der Waals surface area contributed by atoms with E-state index in [0.29, 0.717) is 18.3 Å². The average molecular weight is 333 g/mol. The topological polar surface area (TPSA) is 68.0 Å². The van der Waals surface area contributed by atoms with Crippen LogP contribution in [0.1, 0.15) is 35.7 Å². The molecule has 1 heterocycles. The van der Waals surface area contributed by atoms with Crippen molar-refractivity contribution in [3.63, 3.8) is 0 Å². The Hall–Kier alpha value is -2.95. The van der Waals surface area contributed by atoms with E-state index in [1.807, 2.05) is 48.5 Å². The maximum atomic E-state index is 12.1. The van der Waals surface area contributed by atoms with Gasteiger partial charge in [-0.25, -0.2) is 0 Å². The van der Waals surface area contributed by atoms with Crippen molar-refractivity contribution in [3.8, 4) is 0 Å². The van der Waals surface area contributed by atoms with Crippen LogP contribution in [0.3, 0.4) is 0 Å². The van der Waals surface area contributed by atoms with Crippen LogP contribution in [0.5, 0.6) is 0 Å². The Morgan fingerprint density at radius 2 is 1.72 bits per heavy atom. The summed E-state index contributed by atoms with van der Waals surface area (Å²) >= 11 is 0. The van der Waals surface area contributed by atoms with Crippen molar-refractivity contribution in [3.05, 3.63) is 83.5 Å². The number of nitrogens with zero attached hydrogens (tertiary/aromatic N) is 2. The number of carbonyl (C=O) groups excluding carboxylic acids is 1. The fourth-order valence-corrected chi connectivity index (χ4v) is 3.03. The van der Waals surface area contributed by atoms with Gasteiger partial charge in [0.1, 0.15) is 0 Å². The van der Waals surface area contributed by atoms with Crippen molar-refractivity contribution in [2.45, 2.75) is 31.2 Å². The average Bonchev–Trinajstić information content (AvgIpc) is 3.35. The highest BCUT2D eigenvalue weighted by atomic mass is 16.5. The minimum atomic E-state index is -0.160. The molecule has 0 bridgehead atoms. The Balaban J connectivity index is 1.39. The van der Waals surface area contributed by atoms with E-state index in [1.165, 1.54) is 5.56 Å². The Labute approximate surface area is 146 Å². The summed E-state index contributed by atoms with van der Waals surface area (Å²) in [6, 6.07) is 20.0. The summed E-state index contributed by atoms with van der Waals surface area (Å²) in [6.45, 7) is 0.498. The van der Waals surface area contributed by atoms with Crippen LogP contribution in [0.25, 0.3) is 0 Å². The quantitative estimate of drug-likeness (QED) is 0.753. The van der Waals surface area contributed by atoms with Crippen molar-refractivity contribution in [2.75, 3.05) is 0 Å². The Bertz CT molecular complexity index is 855. The first-order valence-electron chi connectivity index (χ1n) is 8.45. The molecule has 1 amide bonds. The van der Waals surface area contributed by atoms with E-state index in [-0.39, 0.29) is 17.7 Å². The van der Waals surface area contributed by atoms with Crippen LogP contribution >= 0.6 is 0 Å². The van der Waals surface area contributed by atoms with Crippen LogP contribution in [0.4, 0.5) is 0 Å². The first-order chi connectivity index (χ1) is 12.3. The molecule has 25 heavy (non-hydrogen) atoms. The SMILES string of the molecule is O=C(Cc1noc(C2(c3ccccc3)CC2)n1)NCc1ccccc1. The van der Waals surface area contributed by atoms with E-state index < -0.39 is 0 Å². The van der Waals surface area contributed by atoms with Crippen molar-refractivity contribution in [1.82, 2.24) is 15.5 Å². The molecule has 0 unspecified atom stereocenters. The van der Waals surface area contributed by atoms with E-state index in [0.717, 1.165) is 18.4 Å². The lowest BCUT2D eigenvalue weighted by Crippen LogP contribution is -2.25. The van der Waals surface area contributed by atoms with E-state index in [4.69, 9.17) is 4.52 Å². The number of aromatic nitrogens is 2. The van der Waals surface area contributed by atoms with Gasteiger partial charge >= 0.3 is 0 Å². The number of carbonyl (C=O) groups is 1. The number of hydrogen-bond acceptors (Lipinski definition) is 4. The second-order valence-electron chi connectivity index (χ2n) is 6.40.